The number of hydrogen-bond acceptors (Lipinski definition) is 8. The molecule has 0 bridgehead atoms. The smallest absolute Gasteiger partial charge is 0.306 e. The van der Waals surface area contributed by atoms with E-state index in [9.17, 15) is 19.0 Å². The average molecular weight is 1060 g/mol. The maximum atomic E-state index is 12.8. The van der Waals surface area contributed by atoms with Crippen molar-refractivity contribution in [3.63, 3.8) is 0 Å². The van der Waals surface area contributed by atoms with Crippen LogP contribution in [0.5, 0.6) is 0 Å². The van der Waals surface area contributed by atoms with Crippen molar-refractivity contribution in [1.82, 2.24) is 0 Å². The molecule has 0 radical (unpaired) electrons. The van der Waals surface area contributed by atoms with E-state index in [4.69, 9.17) is 18.5 Å². The Bertz CT molecular complexity index is 1480. The number of esters is 2. The lowest BCUT2D eigenvalue weighted by atomic mass is 10.0. The molecule has 0 saturated carbocycles. The molecule has 0 aromatic rings. The summed E-state index contributed by atoms with van der Waals surface area (Å²) in [4.78, 5) is 37.9. The van der Waals surface area contributed by atoms with Crippen LogP contribution in [0.1, 0.15) is 271 Å². The molecule has 0 saturated heterocycles. The lowest BCUT2D eigenvalue weighted by molar-refractivity contribution is -0.870. The van der Waals surface area contributed by atoms with E-state index >= 15 is 0 Å². The van der Waals surface area contributed by atoms with E-state index in [1.807, 2.05) is 21.1 Å². The first-order valence-corrected chi connectivity index (χ1v) is 32.1. The van der Waals surface area contributed by atoms with E-state index in [2.05, 4.69) is 86.8 Å². The van der Waals surface area contributed by atoms with Gasteiger partial charge in [-0.25, -0.2) is 0 Å². The molecule has 74 heavy (non-hydrogen) atoms. The summed E-state index contributed by atoms with van der Waals surface area (Å²) in [7, 11) is 1.17. The second kappa shape index (κ2) is 55.2. The molecule has 2 unspecified atom stereocenters. The van der Waals surface area contributed by atoms with Crippen LogP contribution in [0.15, 0.2) is 72.9 Å². The quantitative estimate of drug-likeness (QED) is 0.0195. The fourth-order valence-electron chi connectivity index (χ4n) is 8.54. The van der Waals surface area contributed by atoms with Gasteiger partial charge in [-0.3, -0.25) is 14.2 Å². The third-order valence-corrected chi connectivity index (χ3v) is 14.2. The third kappa shape index (κ3) is 58.7. The molecule has 0 N–H and O–H groups in total. The third-order valence-electron chi connectivity index (χ3n) is 13.2. The standard InChI is InChI=1S/C64H116NO8P/c1-6-8-10-12-14-16-18-20-22-24-26-28-29-30-31-32-33-34-35-37-39-41-43-45-47-49-51-53-55-57-64(67)73-62(61-72-74(68,69)71-59-58-65(3,4)5)60-70-63(66)56-54-52-50-48-46-44-42-40-38-36-27-25-23-21-19-17-15-13-11-9-7-2/h8,10,14,16,20,22,26,28,30-31,33-34,62H,6-7,9,11-13,15,17-19,21,23-25,27,29,32,35-61H2,1-5H3/b10-8-,16-14-,22-20-,28-26-,31-30-,34-33-. The van der Waals surface area contributed by atoms with Gasteiger partial charge < -0.3 is 27.9 Å². The zero-order valence-corrected chi connectivity index (χ0v) is 49.7. The van der Waals surface area contributed by atoms with E-state index in [1.54, 1.807) is 0 Å². The van der Waals surface area contributed by atoms with Gasteiger partial charge in [0.25, 0.3) is 7.82 Å². The minimum absolute atomic E-state index is 0.0328. The van der Waals surface area contributed by atoms with Gasteiger partial charge in [0.15, 0.2) is 6.10 Å². The minimum Gasteiger partial charge on any atom is -0.756 e. The number of likely N-dealkylation sites (N-methyl/N-ethyl adjacent to an activating group) is 1. The average Bonchev–Trinajstić information content (AvgIpc) is 3.36. The summed E-state index contributed by atoms with van der Waals surface area (Å²) >= 11 is 0. The molecule has 0 aliphatic carbocycles. The molecule has 0 amide bonds. The van der Waals surface area contributed by atoms with Crippen molar-refractivity contribution in [2.24, 2.45) is 0 Å². The highest BCUT2D eigenvalue weighted by Gasteiger charge is 2.22. The normalized spacial score (nSPS) is 13.8. The Balaban J connectivity index is 4.14. The summed E-state index contributed by atoms with van der Waals surface area (Å²) in [6.07, 6.45) is 72.3. The molecule has 0 spiro atoms. The van der Waals surface area contributed by atoms with E-state index in [-0.39, 0.29) is 32.0 Å². The maximum absolute atomic E-state index is 12.8. The van der Waals surface area contributed by atoms with Crippen molar-refractivity contribution in [2.45, 2.75) is 277 Å². The number of phosphoric acid groups is 1. The Hall–Kier alpha value is -2.55. The second-order valence-electron chi connectivity index (χ2n) is 21.7. The van der Waals surface area contributed by atoms with Crippen LogP contribution in [0.2, 0.25) is 0 Å². The monoisotopic (exact) mass is 1060 g/mol. The zero-order chi connectivity index (χ0) is 54.2. The number of carbonyl (C=O) groups excluding carboxylic acids is 2. The number of rotatable bonds is 56. The van der Waals surface area contributed by atoms with Crippen LogP contribution in [-0.4, -0.2) is 70.0 Å². The van der Waals surface area contributed by atoms with Crippen LogP contribution in [0.3, 0.4) is 0 Å². The zero-order valence-electron chi connectivity index (χ0n) is 48.8. The van der Waals surface area contributed by atoms with Gasteiger partial charge in [-0.1, -0.05) is 267 Å². The molecule has 0 aliphatic rings. The van der Waals surface area contributed by atoms with Gasteiger partial charge in [0.1, 0.15) is 19.8 Å². The first kappa shape index (κ1) is 71.5. The van der Waals surface area contributed by atoms with Gasteiger partial charge in [0.05, 0.1) is 27.7 Å². The van der Waals surface area contributed by atoms with Crippen LogP contribution in [0, 0.1) is 0 Å². The van der Waals surface area contributed by atoms with Crippen molar-refractivity contribution in [2.75, 3.05) is 47.5 Å². The Kier molecular flexibility index (Phi) is 53.3. The number of phosphoric ester groups is 1. The summed E-state index contributed by atoms with van der Waals surface area (Å²) < 4.78 is 34.2. The Morgan fingerprint density at radius 2 is 0.770 bits per heavy atom. The number of ether oxygens (including phenoxy) is 2. The molecule has 0 rings (SSSR count). The second-order valence-corrected chi connectivity index (χ2v) is 23.1. The SMILES string of the molecule is CC/C=C\C/C=C\C/C=C\C/C=C\C/C=C\C/C=C\CCCCCCCCCCCCC(=O)OC(COC(=O)CCCCCCCCCCCCCCCCCCCCCCC)COP(=O)([O-])OCC[N+](C)(C)C. The molecule has 2 atom stereocenters. The highest BCUT2D eigenvalue weighted by atomic mass is 31.2. The molecule has 0 fully saturated rings. The summed E-state index contributed by atoms with van der Waals surface area (Å²) in [5.74, 6) is -0.830. The number of carbonyl (C=O) groups is 2. The number of quaternary nitrogens is 1. The number of nitrogens with zero attached hydrogens (tertiary/aromatic N) is 1. The molecular weight excluding hydrogens is 942 g/mol. The number of hydrogen-bond donors (Lipinski definition) is 0. The van der Waals surface area contributed by atoms with Crippen LogP contribution in [0.25, 0.3) is 0 Å². The van der Waals surface area contributed by atoms with Gasteiger partial charge in [-0.15, -0.1) is 0 Å². The Morgan fingerprint density at radius 3 is 1.15 bits per heavy atom. The molecule has 0 aromatic heterocycles. The van der Waals surface area contributed by atoms with Gasteiger partial charge in [-0.05, 0) is 64.2 Å². The predicted molar refractivity (Wildman–Crippen MR) is 314 cm³/mol. The predicted octanol–water partition coefficient (Wildman–Crippen LogP) is 18.6. The van der Waals surface area contributed by atoms with Crippen molar-refractivity contribution in [3.05, 3.63) is 72.9 Å². The largest absolute Gasteiger partial charge is 0.756 e. The molecule has 0 aliphatic heterocycles. The van der Waals surface area contributed by atoms with E-state index < -0.39 is 26.5 Å². The highest BCUT2D eigenvalue weighted by molar-refractivity contribution is 7.45. The van der Waals surface area contributed by atoms with Crippen LogP contribution < -0.4 is 4.89 Å². The first-order valence-electron chi connectivity index (χ1n) is 30.6. The van der Waals surface area contributed by atoms with Crippen LogP contribution in [0.4, 0.5) is 0 Å². The molecule has 430 valence electrons. The number of allylic oxidation sites excluding steroid dienone is 12. The Labute approximate surface area is 457 Å². The van der Waals surface area contributed by atoms with Crippen molar-refractivity contribution >= 4 is 19.8 Å². The van der Waals surface area contributed by atoms with E-state index in [0.29, 0.717) is 17.4 Å². The molecule has 0 heterocycles. The van der Waals surface area contributed by atoms with Gasteiger partial charge in [0, 0.05) is 12.8 Å². The summed E-state index contributed by atoms with van der Waals surface area (Å²) in [6.45, 7) is 4.15. The summed E-state index contributed by atoms with van der Waals surface area (Å²) in [5.41, 5.74) is 0. The van der Waals surface area contributed by atoms with Crippen molar-refractivity contribution in [1.29, 1.82) is 0 Å². The van der Waals surface area contributed by atoms with Crippen LogP contribution >= 0.6 is 7.82 Å². The topological polar surface area (TPSA) is 111 Å². The van der Waals surface area contributed by atoms with Gasteiger partial charge in [-0.2, -0.15) is 0 Å². The lowest BCUT2D eigenvalue weighted by Crippen LogP contribution is -2.37. The molecule has 9 nitrogen and oxygen atoms in total. The van der Waals surface area contributed by atoms with Gasteiger partial charge >= 0.3 is 11.9 Å². The van der Waals surface area contributed by atoms with Crippen LogP contribution in [-0.2, 0) is 32.7 Å². The molecule has 0 aromatic carbocycles. The highest BCUT2D eigenvalue weighted by Crippen LogP contribution is 2.38. The molecule has 10 heteroatoms. The first-order chi connectivity index (χ1) is 36.0. The van der Waals surface area contributed by atoms with E-state index in [0.717, 1.165) is 83.5 Å². The van der Waals surface area contributed by atoms with Crippen molar-refractivity contribution < 1.29 is 42.1 Å². The minimum atomic E-state index is -4.64. The lowest BCUT2D eigenvalue weighted by Gasteiger charge is -2.28. The summed E-state index contributed by atoms with van der Waals surface area (Å²) in [5, 5.41) is 0. The maximum Gasteiger partial charge on any atom is 0.306 e. The molecular formula is C64H116NO8P. The summed E-state index contributed by atoms with van der Waals surface area (Å²) in [6, 6.07) is 0. The number of unbranched alkanes of at least 4 members (excludes halogenated alkanes) is 30. The van der Waals surface area contributed by atoms with Gasteiger partial charge in [0.2, 0.25) is 0 Å². The van der Waals surface area contributed by atoms with E-state index in [1.165, 1.54) is 154 Å². The fourth-order valence-corrected chi connectivity index (χ4v) is 9.27. The fraction of sp³-hybridized carbons (Fsp3) is 0.781. The van der Waals surface area contributed by atoms with Crippen molar-refractivity contribution in [3.8, 4) is 0 Å². The Morgan fingerprint density at radius 1 is 0.432 bits per heavy atom.